The molecule has 2 rings (SSSR count). The molecule has 0 saturated carbocycles. The van der Waals surface area contributed by atoms with E-state index in [4.69, 9.17) is 11.6 Å². The van der Waals surface area contributed by atoms with Crippen LogP contribution >= 0.6 is 11.6 Å². The minimum atomic E-state index is 0.708. The highest BCUT2D eigenvalue weighted by molar-refractivity contribution is 6.30. The topological polar surface area (TPSA) is 12.4 Å². The zero-order valence-corrected chi connectivity index (χ0v) is 10.7. The summed E-state index contributed by atoms with van der Waals surface area (Å²) in [4.78, 5) is 4.41. The lowest BCUT2D eigenvalue weighted by atomic mass is 10.1. The molecule has 0 heterocycles. The van der Waals surface area contributed by atoms with Gasteiger partial charge >= 0.3 is 0 Å². The molecule has 2 aromatic carbocycles. The average Bonchev–Trinajstić information content (AvgIpc) is 2.25. The number of benzene rings is 2. The predicted octanol–water partition coefficient (Wildman–Crippen LogP) is 4.71. The van der Waals surface area contributed by atoms with Gasteiger partial charge < -0.3 is 0 Å². The highest BCUT2D eigenvalue weighted by Gasteiger charge is 1.94. The SMILES string of the molecule is Cc1cc(C)cc(C=Nc2cccc(Cl)c2)c1. The summed E-state index contributed by atoms with van der Waals surface area (Å²) in [5, 5.41) is 0.708. The average molecular weight is 244 g/mol. The molecular weight excluding hydrogens is 230 g/mol. The molecule has 0 bridgehead atoms. The Morgan fingerprint density at radius 1 is 1.00 bits per heavy atom. The monoisotopic (exact) mass is 243 g/mol. The summed E-state index contributed by atoms with van der Waals surface area (Å²) >= 11 is 5.90. The fourth-order valence-electron chi connectivity index (χ4n) is 1.79. The molecule has 0 spiro atoms. The van der Waals surface area contributed by atoms with Gasteiger partial charge in [0.05, 0.1) is 5.69 Å². The van der Waals surface area contributed by atoms with Gasteiger partial charge in [-0.2, -0.15) is 0 Å². The number of rotatable bonds is 2. The second kappa shape index (κ2) is 5.15. The van der Waals surface area contributed by atoms with Crippen LogP contribution in [0.25, 0.3) is 0 Å². The molecule has 0 saturated heterocycles. The van der Waals surface area contributed by atoms with E-state index in [9.17, 15) is 0 Å². The van der Waals surface area contributed by atoms with Crippen molar-refractivity contribution in [2.24, 2.45) is 4.99 Å². The molecule has 86 valence electrons. The normalized spacial score (nSPS) is 11.0. The fraction of sp³-hybridized carbons (Fsp3) is 0.133. The van der Waals surface area contributed by atoms with Crippen molar-refractivity contribution in [2.75, 3.05) is 0 Å². The zero-order valence-electron chi connectivity index (χ0n) is 9.94. The van der Waals surface area contributed by atoms with E-state index >= 15 is 0 Å². The third-order valence-electron chi connectivity index (χ3n) is 2.41. The van der Waals surface area contributed by atoms with E-state index in [-0.39, 0.29) is 0 Å². The molecule has 0 aliphatic carbocycles. The first-order chi connectivity index (χ1) is 8.13. The van der Waals surface area contributed by atoms with E-state index < -0.39 is 0 Å². The molecule has 1 nitrogen and oxygen atoms in total. The van der Waals surface area contributed by atoms with Gasteiger partial charge in [-0.15, -0.1) is 0 Å². The van der Waals surface area contributed by atoms with Crippen molar-refractivity contribution in [1.29, 1.82) is 0 Å². The van der Waals surface area contributed by atoms with E-state index in [1.165, 1.54) is 11.1 Å². The van der Waals surface area contributed by atoms with Gasteiger partial charge in [-0.1, -0.05) is 47.0 Å². The first-order valence-electron chi connectivity index (χ1n) is 5.51. The Bertz CT molecular complexity index is 538. The quantitative estimate of drug-likeness (QED) is 0.678. The van der Waals surface area contributed by atoms with Crippen LogP contribution in [0.15, 0.2) is 47.5 Å². The number of hydrogen-bond acceptors (Lipinski definition) is 1. The van der Waals surface area contributed by atoms with Gasteiger partial charge in [0.2, 0.25) is 0 Å². The van der Waals surface area contributed by atoms with E-state index in [0.717, 1.165) is 11.3 Å². The van der Waals surface area contributed by atoms with Crippen LogP contribution in [0.4, 0.5) is 5.69 Å². The summed E-state index contributed by atoms with van der Waals surface area (Å²) < 4.78 is 0. The van der Waals surface area contributed by atoms with Crippen molar-refractivity contribution < 1.29 is 0 Å². The smallest absolute Gasteiger partial charge is 0.0644 e. The maximum atomic E-state index is 5.90. The van der Waals surface area contributed by atoms with Crippen LogP contribution < -0.4 is 0 Å². The second-order valence-corrected chi connectivity index (χ2v) is 4.60. The molecule has 0 aliphatic rings. The summed E-state index contributed by atoms with van der Waals surface area (Å²) in [7, 11) is 0. The van der Waals surface area contributed by atoms with E-state index in [0.29, 0.717) is 5.02 Å². The third kappa shape index (κ3) is 3.43. The van der Waals surface area contributed by atoms with Crippen molar-refractivity contribution in [2.45, 2.75) is 13.8 Å². The number of aryl methyl sites for hydroxylation is 2. The third-order valence-corrected chi connectivity index (χ3v) is 2.65. The summed E-state index contributed by atoms with van der Waals surface area (Å²) in [6, 6.07) is 13.9. The summed E-state index contributed by atoms with van der Waals surface area (Å²) in [6.45, 7) is 4.17. The molecule has 2 heteroatoms. The van der Waals surface area contributed by atoms with Crippen LogP contribution in [-0.2, 0) is 0 Å². The molecule has 0 aliphatic heterocycles. The van der Waals surface area contributed by atoms with Crippen molar-refractivity contribution in [3.63, 3.8) is 0 Å². The number of aliphatic imine (C=N–C) groups is 1. The van der Waals surface area contributed by atoms with Gasteiger partial charge in [-0.05, 0) is 37.6 Å². The summed E-state index contributed by atoms with van der Waals surface area (Å²) in [5.41, 5.74) is 4.48. The number of nitrogens with zero attached hydrogens (tertiary/aromatic N) is 1. The Balaban J connectivity index is 2.25. The molecule has 2 aromatic rings. The number of halogens is 1. The lowest BCUT2D eigenvalue weighted by Crippen LogP contribution is -1.85. The first kappa shape index (κ1) is 11.9. The molecule has 0 N–H and O–H groups in total. The van der Waals surface area contributed by atoms with Crippen LogP contribution in [0.2, 0.25) is 5.02 Å². The van der Waals surface area contributed by atoms with Gasteiger partial charge in [-0.25, -0.2) is 0 Å². The molecule has 0 aromatic heterocycles. The molecule has 17 heavy (non-hydrogen) atoms. The van der Waals surface area contributed by atoms with Crippen molar-refractivity contribution in [3.8, 4) is 0 Å². The largest absolute Gasteiger partial charge is 0.256 e. The van der Waals surface area contributed by atoms with E-state index in [1.807, 2.05) is 30.5 Å². The molecular formula is C15H14ClN. The zero-order chi connectivity index (χ0) is 12.3. The first-order valence-corrected chi connectivity index (χ1v) is 5.89. The van der Waals surface area contributed by atoms with Gasteiger partial charge in [-0.3, -0.25) is 4.99 Å². The maximum Gasteiger partial charge on any atom is 0.0644 e. The van der Waals surface area contributed by atoms with E-state index in [2.05, 4.69) is 37.0 Å². The van der Waals surface area contributed by atoms with Crippen LogP contribution in [0, 0.1) is 13.8 Å². The van der Waals surface area contributed by atoms with Crippen LogP contribution in [0.5, 0.6) is 0 Å². The highest BCUT2D eigenvalue weighted by Crippen LogP contribution is 2.18. The summed E-state index contributed by atoms with van der Waals surface area (Å²) in [6.07, 6.45) is 1.87. The lowest BCUT2D eigenvalue weighted by molar-refractivity contribution is 1.37. The van der Waals surface area contributed by atoms with Crippen LogP contribution in [0.3, 0.4) is 0 Å². The summed E-state index contributed by atoms with van der Waals surface area (Å²) in [5.74, 6) is 0. The van der Waals surface area contributed by atoms with Gasteiger partial charge in [0.1, 0.15) is 0 Å². The number of hydrogen-bond donors (Lipinski definition) is 0. The molecule has 0 radical (unpaired) electrons. The Labute approximate surface area is 107 Å². The van der Waals surface area contributed by atoms with Crippen LogP contribution in [-0.4, -0.2) is 6.21 Å². The minimum absolute atomic E-state index is 0.708. The predicted molar refractivity (Wildman–Crippen MR) is 74.6 cm³/mol. The Kier molecular flexibility index (Phi) is 3.60. The Morgan fingerprint density at radius 3 is 2.35 bits per heavy atom. The van der Waals surface area contributed by atoms with Gasteiger partial charge in [0, 0.05) is 11.2 Å². The standard InChI is InChI=1S/C15H14ClN/c1-11-6-12(2)8-13(7-11)10-17-15-5-3-4-14(16)9-15/h3-10H,1-2H3. The Morgan fingerprint density at radius 2 is 1.71 bits per heavy atom. The molecule has 0 atom stereocenters. The van der Waals surface area contributed by atoms with Gasteiger partial charge in [0.15, 0.2) is 0 Å². The van der Waals surface area contributed by atoms with Crippen molar-refractivity contribution in [1.82, 2.24) is 0 Å². The maximum absolute atomic E-state index is 5.90. The second-order valence-electron chi connectivity index (χ2n) is 4.16. The minimum Gasteiger partial charge on any atom is -0.256 e. The molecule has 0 amide bonds. The van der Waals surface area contributed by atoms with Gasteiger partial charge in [0.25, 0.3) is 0 Å². The fourth-order valence-corrected chi connectivity index (χ4v) is 1.97. The lowest BCUT2D eigenvalue weighted by Gasteiger charge is -1.99. The van der Waals surface area contributed by atoms with Crippen molar-refractivity contribution >= 4 is 23.5 Å². The Hall–Kier alpha value is -1.60. The van der Waals surface area contributed by atoms with Crippen molar-refractivity contribution in [3.05, 3.63) is 64.2 Å². The highest BCUT2D eigenvalue weighted by atomic mass is 35.5. The molecule has 0 unspecified atom stereocenters. The van der Waals surface area contributed by atoms with E-state index in [1.54, 1.807) is 0 Å². The molecule has 0 fully saturated rings. The van der Waals surface area contributed by atoms with Crippen LogP contribution in [0.1, 0.15) is 16.7 Å².